The molecule has 2 rings (SSSR count). The van der Waals surface area contributed by atoms with Crippen molar-refractivity contribution < 1.29 is 5.76 Å². The van der Waals surface area contributed by atoms with Crippen molar-refractivity contribution in [3.05, 3.63) is 43.0 Å². The Morgan fingerprint density at radius 2 is 1.58 bits per heavy atom. The van der Waals surface area contributed by atoms with Gasteiger partial charge in [-0.3, -0.25) is 4.39 Å². The number of aromatic nitrogens is 2. The fourth-order valence-electron chi connectivity index (χ4n) is 1.33. The van der Waals surface area contributed by atoms with Gasteiger partial charge in [0, 0.05) is 0 Å². The fourth-order valence-corrected chi connectivity index (χ4v) is 2.66. The van der Waals surface area contributed by atoms with Gasteiger partial charge >= 0.3 is 0 Å². The second kappa shape index (κ2) is 12.1. The van der Waals surface area contributed by atoms with E-state index in [0.29, 0.717) is 21.7 Å². The molecule has 9 heteroatoms. The maximum Gasteiger partial charge on any atom is 0.165 e. The number of anilines is 2. The van der Waals surface area contributed by atoms with Crippen LogP contribution in [0.25, 0.3) is 0 Å². The van der Waals surface area contributed by atoms with E-state index in [4.69, 9.17) is 41.3 Å². The molecule has 0 bridgehead atoms. The van der Waals surface area contributed by atoms with E-state index < -0.39 is 7.15 Å². The standard InChI is InChI=1S/C7H6ClN3.C6H6ClIN2.CH3F.CH4/c1-4-2-6(8)11-5(3-9)7(4)10;1-3-2-4(7)10-6(8)5(3)9;1-2;/h2H,10H2,1H3;2H,9H2,1H3;1H3;1H4/i;;1D;. The van der Waals surface area contributed by atoms with Crippen LogP contribution in [0.2, 0.25) is 10.3 Å². The molecule has 0 radical (unpaired) electrons. The summed E-state index contributed by atoms with van der Waals surface area (Å²) in [6.45, 7) is 3.69. The lowest BCUT2D eigenvalue weighted by Crippen LogP contribution is -1.96. The van der Waals surface area contributed by atoms with Crippen LogP contribution < -0.4 is 11.5 Å². The summed E-state index contributed by atoms with van der Waals surface area (Å²) < 4.78 is 16.3. The minimum absolute atomic E-state index is 0. The van der Waals surface area contributed by atoms with Gasteiger partial charge in [0.05, 0.1) is 19.9 Å². The van der Waals surface area contributed by atoms with Gasteiger partial charge in [-0.25, -0.2) is 9.97 Å². The molecule has 0 saturated carbocycles. The monoisotopic (exact) mass is 486 g/mol. The number of aryl methyl sites for hydroxylation is 2. The van der Waals surface area contributed by atoms with E-state index in [9.17, 15) is 4.39 Å². The van der Waals surface area contributed by atoms with Crippen molar-refractivity contribution in [3.63, 3.8) is 0 Å². The first-order valence-electron chi connectivity index (χ1n) is 6.64. The Balaban J connectivity index is 0. The zero-order valence-corrected chi connectivity index (χ0v) is 16.0. The zero-order valence-electron chi connectivity index (χ0n) is 13.4. The molecule has 132 valence electrons. The first kappa shape index (κ1) is 22.6. The number of nitrogens with two attached hydrogens (primary N) is 2. The molecule has 24 heavy (non-hydrogen) atoms. The van der Waals surface area contributed by atoms with Crippen molar-refractivity contribution in [1.29, 1.82) is 5.26 Å². The fraction of sp³-hybridized carbons (Fsp3) is 0.267. The molecule has 0 amide bonds. The third-order valence-electron chi connectivity index (χ3n) is 2.53. The molecule has 2 aromatic heterocycles. The maximum atomic E-state index is 9.96. The average Bonchev–Trinajstić information content (AvgIpc) is 2.49. The lowest BCUT2D eigenvalue weighted by molar-refractivity contribution is 0.636. The maximum absolute atomic E-state index is 9.96. The van der Waals surface area contributed by atoms with Gasteiger partial charge in [0.2, 0.25) is 0 Å². The van der Waals surface area contributed by atoms with Gasteiger partial charge in [-0.05, 0) is 59.7 Å². The number of halogens is 4. The number of hydrogen-bond acceptors (Lipinski definition) is 5. The number of nitrogens with zero attached hydrogens (tertiary/aromatic N) is 3. The Kier molecular flexibility index (Phi) is 11.4. The molecule has 2 aromatic rings. The minimum Gasteiger partial charge on any atom is -0.396 e. The lowest BCUT2D eigenvalue weighted by Gasteiger charge is -2.00. The van der Waals surface area contributed by atoms with E-state index in [0.717, 1.165) is 14.8 Å². The number of alkyl halides is 1. The Morgan fingerprint density at radius 3 is 2.00 bits per heavy atom. The predicted octanol–water partition coefficient (Wildman–Crippen LogP) is 4.95. The van der Waals surface area contributed by atoms with Crippen LogP contribution in [0.1, 0.15) is 25.6 Å². The summed E-state index contributed by atoms with van der Waals surface area (Å²) in [5.74, 6) is 0. The minimum atomic E-state index is -1.00. The number of nitrogen functional groups attached to an aromatic ring is 2. The van der Waals surface area contributed by atoms with Gasteiger partial charge in [-0.2, -0.15) is 5.26 Å². The number of rotatable bonds is 0. The van der Waals surface area contributed by atoms with E-state index in [-0.39, 0.29) is 13.1 Å². The Labute approximate surface area is 166 Å². The van der Waals surface area contributed by atoms with Crippen LogP contribution in [0.3, 0.4) is 0 Å². The van der Waals surface area contributed by atoms with Crippen LogP contribution in [0, 0.1) is 28.9 Å². The Morgan fingerprint density at radius 1 is 1.17 bits per heavy atom. The first-order chi connectivity index (χ1) is 11.2. The number of pyridine rings is 2. The number of hydrogen-bond donors (Lipinski definition) is 2. The SMILES string of the molecule is C.Cc1cc(Cl)nc(C#N)c1N.Cc1cc(Cl)nc(I)c1N.[2H]CF. The van der Waals surface area contributed by atoms with Crippen LogP contribution >= 0.6 is 45.8 Å². The highest BCUT2D eigenvalue weighted by atomic mass is 127. The highest BCUT2D eigenvalue weighted by molar-refractivity contribution is 14.1. The summed E-state index contributed by atoms with van der Waals surface area (Å²) in [6.07, 6.45) is 0. The average molecular weight is 487 g/mol. The molecule has 2 heterocycles. The van der Waals surface area contributed by atoms with Gasteiger partial charge < -0.3 is 11.5 Å². The second-order valence-electron chi connectivity index (χ2n) is 4.10. The third kappa shape index (κ3) is 7.47. The van der Waals surface area contributed by atoms with Gasteiger partial charge in [0.25, 0.3) is 0 Å². The van der Waals surface area contributed by atoms with Gasteiger partial charge in [-0.15, -0.1) is 0 Å². The molecule has 0 aliphatic rings. The van der Waals surface area contributed by atoms with Crippen molar-refractivity contribution in [3.8, 4) is 6.07 Å². The predicted molar refractivity (Wildman–Crippen MR) is 108 cm³/mol. The highest BCUT2D eigenvalue weighted by Gasteiger charge is 2.04. The van der Waals surface area contributed by atoms with Crippen LogP contribution in [-0.2, 0) is 0 Å². The van der Waals surface area contributed by atoms with E-state index in [1.54, 1.807) is 19.1 Å². The summed E-state index contributed by atoms with van der Waals surface area (Å²) >= 11 is 13.3. The van der Waals surface area contributed by atoms with E-state index in [1.165, 1.54) is 0 Å². The molecule has 0 fully saturated rings. The molecule has 0 spiro atoms. The summed E-state index contributed by atoms with van der Waals surface area (Å²) in [7, 11) is -1.00. The Bertz CT molecular complexity index is 718. The second-order valence-corrected chi connectivity index (χ2v) is 5.90. The topological polar surface area (TPSA) is 102 Å². The van der Waals surface area contributed by atoms with Crippen LogP contribution in [0.15, 0.2) is 12.1 Å². The molecule has 0 atom stereocenters. The zero-order chi connectivity index (χ0) is 18.9. The number of nitriles is 1. The van der Waals surface area contributed by atoms with E-state index in [1.807, 2.05) is 13.0 Å². The van der Waals surface area contributed by atoms with Gasteiger partial charge in [0.1, 0.15) is 20.1 Å². The normalized spacial score (nSPS) is 9.12. The third-order valence-corrected chi connectivity index (χ3v) is 3.74. The molecule has 0 unspecified atom stereocenters. The first-order valence-corrected chi connectivity index (χ1v) is 7.77. The quantitative estimate of drug-likeness (QED) is 0.405. The summed E-state index contributed by atoms with van der Waals surface area (Å²) in [5.41, 5.74) is 14.2. The van der Waals surface area contributed by atoms with E-state index >= 15 is 0 Å². The van der Waals surface area contributed by atoms with Crippen molar-refractivity contribution in [2.45, 2.75) is 21.3 Å². The van der Waals surface area contributed by atoms with E-state index in [2.05, 4.69) is 32.6 Å². The molecule has 4 N–H and O–H groups in total. The summed E-state index contributed by atoms with van der Waals surface area (Å²) in [6, 6.07) is 5.23. The van der Waals surface area contributed by atoms with Crippen molar-refractivity contribution in [2.75, 3.05) is 18.6 Å². The van der Waals surface area contributed by atoms with Crippen molar-refractivity contribution in [2.24, 2.45) is 0 Å². The molecule has 0 aliphatic carbocycles. The Hall–Kier alpha value is -1.37. The smallest absolute Gasteiger partial charge is 0.165 e. The highest BCUT2D eigenvalue weighted by Crippen LogP contribution is 2.20. The summed E-state index contributed by atoms with van der Waals surface area (Å²) in [5, 5.41) is 9.31. The van der Waals surface area contributed by atoms with Crippen LogP contribution in [0.4, 0.5) is 15.8 Å². The largest absolute Gasteiger partial charge is 0.396 e. The molecule has 0 aliphatic heterocycles. The van der Waals surface area contributed by atoms with Crippen molar-refractivity contribution >= 4 is 57.2 Å². The van der Waals surface area contributed by atoms with Gasteiger partial charge in [-0.1, -0.05) is 30.6 Å². The lowest BCUT2D eigenvalue weighted by atomic mass is 10.2. The molecular weight excluding hydrogens is 467 g/mol. The van der Waals surface area contributed by atoms with Gasteiger partial charge in [0.15, 0.2) is 5.69 Å². The molecular formula is C15H19Cl2FIN5. The van der Waals surface area contributed by atoms with Crippen molar-refractivity contribution in [1.82, 2.24) is 9.97 Å². The molecule has 0 saturated heterocycles. The summed E-state index contributed by atoms with van der Waals surface area (Å²) in [4.78, 5) is 7.69. The van der Waals surface area contributed by atoms with Crippen LogP contribution in [-0.4, -0.2) is 17.1 Å². The molecule has 5 nitrogen and oxygen atoms in total. The van der Waals surface area contributed by atoms with Crippen LogP contribution in [0.5, 0.6) is 0 Å². The molecule has 0 aromatic carbocycles.